The summed E-state index contributed by atoms with van der Waals surface area (Å²) in [4.78, 5) is 29.2. The van der Waals surface area contributed by atoms with E-state index in [9.17, 15) is 19.1 Å². The standard InChI is InChI=1S/C21H20FN3O3/c1-14-8-9-21(20(27)28,18(11-14)16-4-6-17(22)7-5-16)19(26)25-24-13-15-3-2-10-23-12-15/h2-8,10,12-13,18H,9,11H2,1H3,(H,25,26)(H,27,28)/b24-13-/t18-,21+/m1/s1. The first-order valence-electron chi connectivity index (χ1n) is 8.81. The number of pyridine rings is 1. The van der Waals surface area contributed by atoms with Gasteiger partial charge >= 0.3 is 5.97 Å². The molecule has 0 bridgehead atoms. The third-order valence-electron chi connectivity index (χ3n) is 5.02. The Bertz CT molecular complexity index is 926. The van der Waals surface area contributed by atoms with Crippen LogP contribution in [0.3, 0.4) is 0 Å². The van der Waals surface area contributed by atoms with Crippen LogP contribution in [0.15, 0.2) is 65.5 Å². The number of benzene rings is 1. The number of rotatable bonds is 5. The Labute approximate surface area is 161 Å². The maximum absolute atomic E-state index is 13.3. The second-order valence-corrected chi connectivity index (χ2v) is 6.82. The van der Waals surface area contributed by atoms with Gasteiger partial charge in [-0.25, -0.2) is 9.82 Å². The largest absolute Gasteiger partial charge is 0.480 e. The van der Waals surface area contributed by atoms with Gasteiger partial charge in [-0.1, -0.05) is 29.8 Å². The highest BCUT2D eigenvalue weighted by molar-refractivity contribution is 6.03. The van der Waals surface area contributed by atoms with Crippen molar-refractivity contribution >= 4 is 18.1 Å². The molecule has 1 heterocycles. The molecule has 1 amide bonds. The summed E-state index contributed by atoms with van der Waals surface area (Å²) in [7, 11) is 0. The molecule has 7 heteroatoms. The van der Waals surface area contributed by atoms with E-state index < -0.39 is 29.0 Å². The number of hydrazone groups is 1. The minimum absolute atomic E-state index is 0.0322. The van der Waals surface area contributed by atoms with E-state index in [0.29, 0.717) is 17.5 Å². The lowest BCUT2D eigenvalue weighted by molar-refractivity contribution is -0.158. The molecule has 144 valence electrons. The summed E-state index contributed by atoms with van der Waals surface area (Å²) in [5, 5.41) is 13.9. The monoisotopic (exact) mass is 381 g/mol. The van der Waals surface area contributed by atoms with Gasteiger partial charge in [-0.05, 0) is 43.5 Å². The van der Waals surface area contributed by atoms with Crippen molar-refractivity contribution in [1.29, 1.82) is 0 Å². The zero-order valence-corrected chi connectivity index (χ0v) is 15.3. The van der Waals surface area contributed by atoms with Crippen molar-refractivity contribution < 1.29 is 19.1 Å². The SMILES string of the molecule is CC1=CC[C@@](C(=O)O)(C(=O)N/N=C\c2cccnc2)[C@@H](c2ccc(F)cc2)C1. The molecule has 2 N–H and O–H groups in total. The minimum atomic E-state index is -1.73. The van der Waals surface area contributed by atoms with Crippen molar-refractivity contribution in [2.24, 2.45) is 10.5 Å². The minimum Gasteiger partial charge on any atom is -0.480 e. The number of carbonyl (C=O) groups is 2. The Morgan fingerprint density at radius 3 is 2.71 bits per heavy atom. The molecular weight excluding hydrogens is 361 g/mol. The lowest BCUT2D eigenvalue weighted by atomic mass is 9.64. The molecule has 1 aliphatic rings. The highest BCUT2D eigenvalue weighted by Crippen LogP contribution is 2.47. The number of nitrogens with zero attached hydrogens (tertiary/aromatic N) is 2. The summed E-state index contributed by atoms with van der Waals surface area (Å²) in [6.45, 7) is 1.89. The summed E-state index contributed by atoms with van der Waals surface area (Å²) in [5.74, 6) is -3.00. The molecule has 6 nitrogen and oxygen atoms in total. The van der Waals surface area contributed by atoms with E-state index in [-0.39, 0.29) is 6.42 Å². The van der Waals surface area contributed by atoms with Crippen molar-refractivity contribution in [3.05, 3.63) is 77.4 Å². The third-order valence-corrected chi connectivity index (χ3v) is 5.02. The zero-order valence-electron chi connectivity index (χ0n) is 15.3. The first-order valence-corrected chi connectivity index (χ1v) is 8.81. The predicted molar refractivity (Wildman–Crippen MR) is 102 cm³/mol. The maximum atomic E-state index is 13.3. The van der Waals surface area contributed by atoms with Gasteiger partial charge in [-0.2, -0.15) is 5.10 Å². The number of amides is 1. The zero-order chi connectivity index (χ0) is 20.1. The Morgan fingerprint density at radius 1 is 1.32 bits per heavy atom. The van der Waals surface area contributed by atoms with Crippen LogP contribution in [-0.2, 0) is 9.59 Å². The van der Waals surface area contributed by atoms with Crippen LogP contribution >= 0.6 is 0 Å². The van der Waals surface area contributed by atoms with Gasteiger partial charge in [0.2, 0.25) is 0 Å². The molecule has 0 aliphatic heterocycles. The number of nitrogens with one attached hydrogen (secondary N) is 1. The molecule has 2 atom stereocenters. The highest BCUT2D eigenvalue weighted by atomic mass is 19.1. The number of hydrogen-bond donors (Lipinski definition) is 2. The van der Waals surface area contributed by atoms with Gasteiger partial charge in [0, 0.05) is 23.9 Å². The van der Waals surface area contributed by atoms with Gasteiger partial charge in [-0.15, -0.1) is 0 Å². The number of halogens is 1. The smallest absolute Gasteiger partial charge is 0.320 e. The van der Waals surface area contributed by atoms with Crippen molar-refractivity contribution in [1.82, 2.24) is 10.4 Å². The van der Waals surface area contributed by atoms with Crippen LogP contribution in [-0.4, -0.2) is 28.2 Å². The molecular formula is C21H20FN3O3. The molecule has 0 spiro atoms. The average molecular weight is 381 g/mol. The molecule has 0 saturated heterocycles. The first-order chi connectivity index (χ1) is 13.4. The summed E-state index contributed by atoms with van der Waals surface area (Å²) in [6, 6.07) is 9.08. The summed E-state index contributed by atoms with van der Waals surface area (Å²) < 4.78 is 13.3. The van der Waals surface area contributed by atoms with E-state index in [1.165, 1.54) is 30.5 Å². The van der Waals surface area contributed by atoms with Crippen LogP contribution in [0.5, 0.6) is 0 Å². The number of carboxylic acids is 1. The lowest BCUT2D eigenvalue weighted by Gasteiger charge is -2.38. The van der Waals surface area contributed by atoms with Crippen molar-refractivity contribution in [2.75, 3.05) is 0 Å². The van der Waals surface area contributed by atoms with Crippen LogP contribution in [0.25, 0.3) is 0 Å². The first kappa shape index (κ1) is 19.4. The molecule has 0 saturated carbocycles. The second-order valence-electron chi connectivity index (χ2n) is 6.82. The Balaban J connectivity index is 1.93. The number of hydrogen-bond acceptors (Lipinski definition) is 4. The number of aliphatic carboxylic acids is 1. The van der Waals surface area contributed by atoms with Gasteiger partial charge in [0.1, 0.15) is 5.82 Å². The van der Waals surface area contributed by atoms with Crippen molar-refractivity contribution in [3.63, 3.8) is 0 Å². The molecule has 0 unspecified atom stereocenters. The predicted octanol–water partition coefficient (Wildman–Crippen LogP) is 3.27. The second kappa shape index (κ2) is 8.12. The van der Waals surface area contributed by atoms with Gasteiger partial charge in [0.25, 0.3) is 5.91 Å². The molecule has 2 aromatic rings. The van der Waals surface area contributed by atoms with Gasteiger partial charge in [0.15, 0.2) is 5.41 Å². The highest BCUT2D eigenvalue weighted by Gasteiger charge is 2.53. The van der Waals surface area contributed by atoms with Crippen molar-refractivity contribution in [2.45, 2.75) is 25.7 Å². The molecule has 1 aromatic carbocycles. The van der Waals surface area contributed by atoms with Gasteiger partial charge in [-0.3, -0.25) is 14.6 Å². The fourth-order valence-corrected chi connectivity index (χ4v) is 3.46. The van der Waals surface area contributed by atoms with E-state index in [2.05, 4.69) is 15.5 Å². The van der Waals surface area contributed by atoms with E-state index in [0.717, 1.165) is 5.57 Å². The normalized spacial score (nSPS) is 21.9. The summed E-state index contributed by atoms with van der Waals surface area (Å²) in [6.07, 6.45) is 6.76. The number of aromatic nitrogens is 1. The van der Waals surface area contributed by atoms with Gasteiger partial charge < -0.3 is 5.11 Å². The molecule has 1 aliphatic carbocycles. The van der Waals surface area contributed by atoms with E-state index in [4.69, 9.17) is 0 Å². The Hall–Kier alpha value is -3.35. The van der Waals surface area contributed by atoms with E-state index >= 15 is 0 Å². The van der Waals surface area contributed by atoms with E-state index in [1.54, 1.807) is 30.6 Å². The Morgan fingerprint density at radius 2 is 2.07 bits per heavy atom. The average Bonchev–Trinajstić information content (AvgIpc) is 2.69. The van der Waals surface area contributed by atoms with Crippen molar-refractivity contribution in [3.8, 4) is 0 Å². The molecule has 0 fully saturated rings. The fourth-order valence-electron chi connectivity index (χ4n) is 3.46. The number of carbonyl (C=O) groups excluding carboxylic acids is 1. The van der Waals surface area contributed by atoms with Crippen LogP contribution in [0, 0.1) is 11.2 Å². The van der Waals surface area contributed by atoms with Crippen LogP contribution in [0.4, 0.5) is 4.39 Å². The maximum Gasteiger partial charge on any atom is 0.320 e. The number of carboxylic acid groups (broad SMARTS) is 1. The quantitative estimate of drug-likeness (QED) is 0.360. The van der Waals surface area contributed by atoms with E-state index in [1.807, 2.05) is 6.92 Å². The Kier molecular flexibility index (Phi) is 5.63. The van der Waals surface area contributed by atoms with Crippen LogP contribution in [0.2, 0.25) is 0 Å². The molecule has 28 heavy (non-hydrogen) atoms. The van der Waals surface area contributed by atoms with Crippen LogP contribution in [0.1, 0.15) is 36.8 Å². The summed E-state index contributed by atoms with van der Waals surface area (Å²) >= 11 is 0. The number of allylic oxidation sites excluding steroid dienone is 2. The molecule has 3 rings (SSSR count). The van der Waals surface area contributed by atoms with Gasteiger partial charge in [0.05, 0.1) is 6.21 Å². The third kappa shape index (κ3) is 3.83. The topological polar surface area (TPSA) is 91.6 Å². The lowest BCUT2D eigenvalue weighted by Crippen LogP contribution is -2.50. The van der Waals surface area contributed by atoms with Crippen LogP contribution < -0.4 is 5.43 Å². The molecule has 1 aromatic heterocycles. The summed E-state index contributed by atoms with van der Waals surface area (Å²) in [5.41, 5.74) is 2.89. The molecule has 0 radical (unpaired) electrons. The fraction of sp³-hybridized carbons (Fsp3) is 0.238.